The van der Waals surface area contributed by atoms with Gasteiger partial charge >= 0.3 is 5.97 Å². The molecule has 22 heavy (non-hydrogen) atoms. The molecule has 0 aliphatic carbocycles. The summed E-state index contributed by atoms with van der Waals surface area (Å²) in [6.45, 7) is 1.65. The molecule has 0 radical (unpaired) electrons. The van der Waals surface area contributed by atoms with Crippen LogP contribution in [0.1, 0.15) is 31.4 Å². The van der Waals surface area contributed by atoms with Crippen molar-refractivity contribution in [3.63, 3.8) is 0 Å². The number of likely N-dealkylation sites (tertiary alicyclic amines) is 1. The SMILES string of the molecule is O=C(O)C[C@@H]1CCCCN1Cc1ccc2cc(Cl)ccc2n1. The first kappa shape index (κ1) is 15.3. The monoisotopic (exact) mass is 318 g/mol. The number of fused-ring (bicyclic) bond motifs is 1. The molecule has 2 heterocycles. The first-order valence-electron chi connectivity index (χ1n) is 7.63. The number of carbonyl (C=O) groups is 1. The number of pyridine rings is 1. The molecule has 1 fully saturated rings. The Morgan fingerprint density at radius 3 is 3.00 bits per heavy atom. The summed E-state index contributed by atoms with van der Waals surface area (Å²) in [6, 6.07) is 9.82. The molecule has 1 aromatic carbocycles. The van der Waals surface area contributed by atoms with Crippen LogP contribution in [0.15, 0.2) is 30.3 Å². The molecule has 1 saturated heterocycles. The first-order chi connectivity index (χ1) is 10.6. The highest BCUT2D eigenvalue weighted by molar-refractivity contribution is 6.31. The van der Waals surface area contributed by atoms with Gasteiger partial charge in [0.05, 0.1) is 17.6 Å². The molecule has 116 valence electrons. The van der Waals surface area contributed by atoms with Crippen LogP contribution < -0.4 is 0 Å². The van der Waals surface area contributed by atoms with E-state index >= 15 is 0 Å². The van der Waals surface area contributed by atoms with Gasteiger partial charge in [-0.2, -0.15) is 0 Å². The van der Waals surface area contributed by atoms with Crippen molar-refractivity contribution < 1.29 is 9.90 Å². The Morgan fingerprint density at radius 1 is 1.32 bits per heavy atom. The van der Waals surface area contributed by atoms with Gasteiger partial charge in [-0.3, -0.25) is 14.7 Å². The molecule has 0 spiro atoms. The number of nitrogens with zero attached hydrogens (tertiary/aromatic N) is 2. The lowest BCUT2D eigenvalue weighted by atomic mass is 9.99. The molecule has 5 heteroatoms. The summed E-state index contributed by atoms with van der Waals surface area (Å²) in [5, 5.41) is 10.8. The molecule has 2 aromatic rings. The number of hydrogen-bond donors (Lipinski definition) is 1. The van der Waals surface area contributed by atoms with Crippen molar-refractivity contribution in [2.45, 2.75) is 38.3 Å². The van der Waals surface area contributed by atoms with Crippen LogP contribution in [0.25, 0.3) is 10.9 Å². The fourth-order valence-electron chi connectivity index (χ4n) is 3.14. The molecular formula is C17H19ClN2O2. The summed E-state index contributed by atoms with van der Waals surface area (Å²) in [7, 11) is 0. The number of aliphatic carboxylic acids is 1. The van der Waals surface area contributed by atoms with E-state index in [4.69, 9.17) is 16.7 Å². The topological polar surface area (TPSA) is 53.4 Å². The first-order valence-corrected chi connectivity index (χ1v) is 8.00. The standard InChI is InChI=1S/C17H19ClN2O2/c18-13-5-7-16-12(9-13)4-6-14(19-16)11-20-8-2-1-3-15(20)10-17(21)22/h4-7,9,15H,1-3,8,10-11H2,(H,21,22)/t15-/m0/s1. The highest BCUT2D eigenvalue weighted by Crippen LogP contribution is 2.23. The molecule has 0 unspecified atom stereocenters. The van der Waals surface area contributed by atoms with E-state index in [2.05, 4.69) is 9.88 Å². The third-order valence-corrected chi connectivity index (χ3v) is 4.47. The number of benzene rings is 1. The van der Waals surface area contributed by atoms with Crippen molar-refractivity contribution in [2.24, 2.45) is 0 Å². The summed E-state index contributed by atoms with van der Waals surface area (Å²) in [4.78, 5) is 17.9. The maximum Gasteiger partial charge on any atom is 0.304 e. The van der Waals surface area contributed by atoms with Gasteiger partial charge in [0.1, 0.15) is 0 Å². The van der Waals surface area contributed by atoms with Crippen molar-refractivity contribution in [2.75, 3.05) is 6.54 Å². The van der Waals surface area contributed by atoms with Crippen molar-refractivity contribution in [1.29, 1.82) is 0 Å². The summed E-state index contributed by atoms with van der Waals surface area (Å²) < 4.78 is 0. The fraction of sp³-hybridized carbons (Fsp3) is 0.412. The molecule has 1 aliphatic rings. The average molecular weight is 319 g/mol. The molecule has 3 rings (SSSR count). The maximum absolute atomic E-state index is 11.0. The Hall–Kier alpha value is -1.65. The van der Waals surface area contributed by atoms with Crippen molar-refractivity contribution >= 4 is 28.5 Å². The second-order valence-electron chi connectivity index (χ2n) is 5.86. The number of piperidine rings is 1. The zero-order chi connectivity index (χ0) is 15.5. The van der Waals surface area contributed by atoms with Crippen LogP contribution in [0.3, 0.4) is 0 Å². The van der Waals surface area contributed by atoms with E-state index in [1.807, 2.05) is 30.3 Å². The molecule has 1 N–H and O–H groups in total. The summed E-state index contributed by atoms with van der Waals surface area (Å²) in [5.74, 6) is -0.724. The van der Waals surface area contributed by atoms with Gasteiger partial charge in [0, 0.05) is 23.0 Å². The molecule has 1 aromatic heterocycles. The van der Waals surface area contributed by atoms with E-state index in [1.54, 1.807) is 0 Å². The van der Waals surface area contributed by atoms with Gasteiger partial charge < -0.3 is 5.11 Å². The fourth-order valence-corrected chi connectivity index (χ4v) is 3.32. The zero-order valence-electron chi connectivity index (χ0n) is 12.3. The third-order valence-electron chi connectivity index (χ3n) is 4.23. The average Bonchev–Trinajstić information content (AvgIpc) is 2.49. The Morgan fingerprint density at radius 2 is 2.18 bits per heavy atom. The van der Waals surface area contributed by atoms with E-state index in [1.165, 1.54) is 0 Å². The Balaban J connectivity index is 1.78. The summed E-state index contributed by atoms with van der Waals surface area (Å²) in [6.07, 6.45) is 3.40. The van der Waals surface area contributed by atoms with Gasteiger partial charge in [-0.25, -0.2) is 0 Å². The number of halogens is 1. The lowest BCUT2D eigenvalue weighted by molar-refractivity contribution is -0.138. The van der Waals surface area contributed by atoms with Crippen molar-refractivity contribution in [3.8, 4) is 0 Å². The lowest BCUT2D eigenvalue weighted by Gasteiger charge is -2.34. The molecule has 1 atom stereocenters. The van der Waals surface area contributed by atoms with Crippen LogP contribution in [-0.2, 0) is 11.3 Å². The van der Waals surface area contributed by atoms with E-state index < -0.39 is 5.97 Å². The van der Waals surface area contributed by atoms with Gasteiger partial charge in [-0.05, 0) is 43.7 Å². The predicted octanol–water partition coefficient (Wildman–Crippen LogP) is 3.72. The highest BCUT2D eigenvalue weighted by Gasteiger charge is 2.24. The maximum atomic E-state index is 11.0. The smallest absolute Gasteiger partial charge is 0.304 e. The van der Waals surface area contributed by atoms with Gasteiger partial charge in [0.2, 0.25) is 0 Å². The normalized spacial score (nSPS) is 19.4. The second kappa shape index (κ2) is 6.63. The van der Waals surface area contributed by atoms with Crippen LogP contribution in [0, 0.1) is 0 Å². The molecule has 0 bridgehead atoms. The van der Waals surface area contributed by atoms with Gasteiger partial charge in [-0.15, -0.1) is 0 Å². The van der Waals surface area contributed by atoms with Gasteiger partial charge in [0.15, 0.2) is 0 Å². The quantitative estimate of drug-likeness (QED) is 0.933. The van der Waals surface area contributed by atoms with E-state index in [-0.39, 0.29) is 12.5 Å². The predicted molar refractivity (Wildman–Crippen MR) is 87.1 cm³/mol. The van der Waals surface area contributed by atoms with Crippen LogP contribution >= 0.6 is 11.6 Å². The van der Waals surface area contributed by atoms with Crippen LogP contribution in [0.5, 0.6) is 0 Å². The Bertz CT molecular complexity index is 689. The van der Waals surface area contributed by atoms with Crippen molar-refractivity contribution in [3.05, 3.63) is 41.0 Å². The minimum absolute atomic E-state index is 0.119. The van der Waals surface area contributed by atoms with Crippen LogP contribution in [-0.4, -0.2) is 33.5 Å². The van der Waals surface area contributed by atoms with E-state index in [9.17, 15) is 4.79 Å². The molecule has 0 amide bonds. The third kappa shape index (κ3) is 3.57. The number of rotatable bonds is 4. The minimum atomic E-state index is -0.724. The van der Waals surface area contributed by atoms with Crippen LogP contribution in [0.4, 0.5) is 0 Å². The lowest BCUT2D eigenvalue weighted by Crippen LogP contribution is -2.40. The number of carboxylic acid groups (broad SMARTS) is 1. The Labute approximate surface area is 134 Å². The van der Waals surface area contributed by atoms with E-state index in [0.29, 0.717) is 11.6 Å². The summed E-state index contributed by atoms with van der Waals surface area (Å²) >= 11 is 5.99. The Kier molecular flexibility index (Phi) is 4.60. The van der Waals surface area contributed by atoms with Gasteiger partial charge in [0.25, 0.3) is 0 Å². The second-order valence-corrected chi connectivity index (χ2v) is 6.29. The molecule has 0 saturated carbocycles. The number of aromatic nitrogens is 1. The van der Waals surface area contributed by atoms with E-state index in [0.717, 1.165) is 42.4 Å². The minimum Gasteiger partial charge on any atom is -0.481 e. The molecule has 1 aliphatic heterocycles. The highest BCUT2D eigenvalue weighted by atomic mass is 35.5. The summed E-state index contributed by atoms with van der Waals surface area (Å²) in [5.41, 5.74) is 1.90. The van der Waals surface area contributed by atoms with Crippen LogP contribution in [0.2, 0.25) is 5.02 Å². The zero-order valence-corrected chi connectivity index (χ0v) is 13.1. The molecular weight excluding hydrogens is 300 g/mol. The number of hydrogen-bond acceptors (Lipinski definition) is 3. The largest absolute Gasteiger partial charge is 0.481 e. The van der Waals surface area contributed by atoms with Gasteiger partial charge in [-0.1, -0.05) is 24.1 Å². The number of carboxylic acids is 1. The molecule has 4 nitrogen and oxygen atoms in total. The van der Waals surface area contributed by atoms with Crippen molar-refractivity contribution in [1.82, 2.24) is 9.88 Å².